The van der Waals surface area contributed by atoms with Crippen molar-refractivity contribution in [2.75, 3.05) is 20.8 Å². The first-order valence-corrected chi connectivity index (χ1v) is 7.22. The Bertz CT molecular complexity index is 627. The van der Waals surface area contributed by atoms with Gasteiger partial charge in [0.25, 0.3) is 0 Å². The van der Waals surface area contributed by atoms with Crippen LogP contribution in [0, 0.1) is 0 Å². The Morgan fingerprint density at radius 1 is 1.00 bits per heavy atom. The first-order chi connectivity index (χ1) is 11.2. The monoisotopic (exact) mass is 316 g/mol. The third-order valence-electron chi connectivity index (χ3n) is 3.32. The molecule has 0 unspecified atom stereocenters. The van der Waals surface area contributed by atoms with Crippen molar-refractivity contribution in [1.29, 1.82) is 0 Å². The standard InChI is InChI=1S/C18H20O5/c1-21-16-9-14(8-15(20)11-19)10-17(22-2)18(16)23-12-13-6-4-3-5-7-13/h3-7,9-10,19H,8,11-12H2,1-2H3. The molecule has 0 heterocycles. The fourth-order valence-electron chi connectivity index (χ4n) is 2.19. The van der Waals surface area contributed by atoms with Gasteiger partial charge in [0, 0.05) is 6.42 Å². The van der Waals surface area contributed by atoms with Gasteiger partial charge in [-0.05, 0) is 23.3 Å². The van der Waals surface area contributed by atoms with E-state index in [9.17, 15) is 4.79 Å². The summed E-state index contributed by atoms with van der Waals surface area (Å²) in [6, 6.07) is 13.2. The molecule has 0 saturated carbocycles. The molecule has 0 aliphatic carbocycles. The maximum Gasteiger partial charge on any atom is 0.203 e. The minimum atomic E-state index is -0.489. The van der Waals surface area contributed by atoms with E-state index < -0.39 is 6.61 Å². The molecule has 0 amide bonds. The largest absolute Gasteiger partial charge is 0.493 e. The lowest BCUT2D eigenvalue weighted by molar-refractivity contribution is -0.121. The van der Waals surface area contributed by atoms with Crippen LogP contribution in [0.15, 0.2) is 42.5 Å². The van der Waals surface area contributed by atoms with Crippen molar-refractivity contribution in [3.8, 4) is 17.2 Å². The second-order valence-electron chi connectivity index (χ2n) is 4.98. The Morgan fingerprint density at radius 3 is 2.13 bits per heavy atom. The number of benzene rings is 2. The zero-order valence-electron chi connectivity index (χ0n) is 13.2. The van der Waals surface area contributed by atoms with E-state index in [0.29, 0.717) is 29.4 Å². The number of hydrogen-bond donors (Lipinski definition) is 1. The molecule has 5 nitrogen and oxygen atoms in total. The van der Waals surface area contributed by atoms with E-state index in [1.807, 2.05) is 30.3 Å². The van der Waals surface area contributed by atoms with Crippen molar-refractivity contribution in [2.45, 2.75) is 13.0 Å². The number of methoxy groups -OCH3 is 2. The molecule has 0 atom stereocenters. The fraction of sp³-hybridized carbons (Fsp3) is 0.278. The summed E-state index contributed by atoms with van der Waals surface area (Å²) in [5.74, 6) is 1.19. The summed E-state index contributed by atoms with van der Waals surface area (Å²) < 4.78 is 16.5. The Balaban J connectivity index is 2.25. The maximum atomic E-state index is 11.4. The summed E-state index contributed by atoms with van der Waals surface area (Å²) in [4.78, 5) is 11.4. The van der Waals surface area contributed by atoms with Crippen LogP contribution in [0.1, 0.15) is 11.1 Å². The lowest BCUT2D eigenvalue weighted by atomic mass is 10.1. The minimum Gasteiger partial charge on any atom is -0.493 e. The van der Waals surface area contributed by atoms with Gasteiger partial charge >= 0.3 is 0 Å². The highest BCUT2D eigenvalue weighted by Gasteiger charge is 2.15. The molecule has 0 aliphatic rings. The molecule has 2 rings (SSSR count). The Morgan fingerprint density at radius 2 is 1.61 bits per heavy atom. The number of Topliss-reactive ketones (excluding diaryl/α,β-unsaturated/α-hetero) is 1. The van der Waals surface area contributed by atoms with E-state index in [2.05, 4.69) is 0 Å². The van der Waals surface area contributed by atoms with Gasteiger partial charge in [-0.1, -0.05) is 30.3 Å². The molecule has 0 spiro atoms. The second kappa shape index (κ2) is 8.19. The van der Waals surface area contributed by atoms with E-state index in [4.69, 9.17) is 19.3 Å². The van der Waals surface area contributed by atoms with E-state index in [-0.39, 0.29) is 12.2 Å². The molecule has 0 aliphatic heterocycles. The smallest absolute Gasteiger partial charge is 0.203 e. The normalized spacial score (nSPS) is 10.2. The molecule has 2 aromatic carbocycles. The van der Waals surface area contributed by atoms with Crippen LogP contribution in [0.5, 0.6) is 17.2 Å². The van der Waals surface area contributed by atoms with Gasteiger partial charge in [0.1, 0.15) is 13.2 Å². The first kappa shape index (κ1) is 16.8. The maximum absolute atomic E-state index is 11.4. The number of aliphatic hydroxyl groups excluding tert-OH is 1. The zero-order valence-corrected chi connectivity index (χ0v) is 13.2. The zero-order chi connectivity index (χ0) is 16.7. The van der Waals surface area contributed by atoms with E-state index >= 15 is 0 Å². The van der Waals surface area contributed by atoms with Crippen molar-refractivity contribution >= 4 is 5.78 Å². The number of ether oxygens (including phenoxy) is 3. The SMILES string of the molecule is COc1cc(CC(=O)CO)cc(OC)c1OCc1ccccc1. The molecule has 1 N–H and O–H groups in total. The lowest BCUT2D eigenvalue weighted by Crippen LogP contribution is -2.08. The molecule has 0 fully saturated rings. The summed E-state index contributed by atoms with van der Waals surface area (Å²) in [5, 5.41) is 8.88. The third-order valence-corrected chi connectivity index (χ3v) is 3.32. The molecule has 0 bridgehead atoms. The van der Waals surface area contributed by atoms with Gasteiger partial charge in [-0.25, -0.2) is 0 Å². The van der Waals surface area contributed by atoms with Crippen LogP contribution in [0.4, 0.5) is 0 Å². The average Bonchev–Trinajstić information content (AvgIpc) is 2.60. The molecule has 0 radical (unpaired) electrons. The summed E-state index contributed by atoms with van der Waals surface area (Å²) in [6.45, 7) is -0.112. The highest BCUT2D eigenvalue weighted by molar-refractivity contribution is 5.82. The molecule has 23 heavy (non-hydrogen) atoms. The van der Waals surface area contributed by atoms with E-state index in [1.165, 1.54) is 14.2 Å². The molecule has 0 aromatic heterocycles. The van der Waals surface area contributed by atoms with Gasteiger partial charge in [-0.15, -0.1) is 0 Å². The topological polar surface area (TPSA) is 65.0 Å². The first-order valence-electron chi connectivity index (χ1n) is 7.22. The van der Waals surface area contributed by atoms with Gasteiger partial charge in [0.05, 0.1) is 14.2 Å². The van der Waals surface area contributed by atoms with Crippen molar-refractivity contribution < 1.29 is 24.1 Å². The van der Waals surface area contributed by atoms with Crippen LogP contribution < -0.4 is 14.2 Å². The summed E-state index contributed by atoms with van der Waals surface area (Å²) in [7, 11) is 3.06. The van der Waals surface area contributed by atoms with Gasteiger partial charge in [-0.2, -0.15) is 0 Å². The van der Waals surface area contributed by atoms with Crippen molar-refractivity contribution in [2.24, 2.45) is 0 Å². The molecule has 122 valence electrons. The van der Waals surface area contributed by atoms with E-state index in [1.54, 1.807) is 12.1 Å². The Kier molecular flexibility index (Phi) is 6.00. The van der Waals surface area contributed by atoms with Crippen LogP contribution in [-0.4, -0.2) is 31.7 Å². The van der Waals surface area contributed by atoms with Crippen LogP contribution in [0.25, 0.3) is 0 Å². The number of ketones is 1. The Labute approximate surface area is 135 Å². The molecule has 2 aromatic rings. The minimum absolute atomic E-state index is 0.113. The van der Waals surface area contributed by atoms with Crippen molar-refractivity contribution in [3.63, 3.8) is 0 Å². The quantitative estimate of drug-likeness (QED) is 0.810. The fourth-order valence-corrected chi connectivity index (χ4v) is 2.19. The predicted molar refractivity (Wildman–Crippen MR) is 86.1 cm³/mol. The Hall–Kier alpha value is -2.53. The molecular weight excluding hydrogens is 296 g/mol. The van der Waals surface area contributed by atoms with Crippen LogP contribution in [-0.2, 0) is 17.8 Å². The van der Waals surface area contributed by atoms with Crippen LogP contribution in [0.3, 0.4) is 0 Å². The van der Waals surface area contributed by atoms with Crippen LogP contribution >= 0.6 is 0 Å². The highest BCUT2D eigenvalue weighted by Crippen LogP contribution is 2.39. The number of hydrogen-bond acceptors (Lipinski definition) is 5. The average molecular weight is 316 g/mol. The predicted octanol–water partition coefficient (Wildman–Crippen LogP) is 2.39. The highest BCUT2D eigenvalue weighted by atomic mass is 16.5. The van der Waals surface area contributed by atoms with E-state index in [0.717, 1.165) is 5.56 Å². The van der Waals surface area contributed by atoms with Gasteiger partial charge in [-0.3, -0.25) is 4.79 Å². The van der Waals surface area contributed by atoms with Gasteiger partial charge in [0.15, 0.2) is 17.3 Å². The summed E-state index contributed by atoms with van der Waals surface area (Å²) in [5.41, 5.74) is 1.72. The molecular formula is C18H20O5. The third kappa shape index (κ3) is 4.47. The van der Waals surface area contributed by atoms with Gasteiger partial charge < -0.3 is 19.3 Å². The number of aliphatic hydroxyl groups is 1. The number of rotatable bonds is 8. The van der Waals surface area contributed by atoms with Crippen LogP contribution in [0.2, 0.25) is 0 Å². The van der Waals surface area contributed by atoms with Crippen molar-refractivity contribution in [1.82, 2.24) is 0 Å². The number of carbonyl (C=O) groups is 1. The summed E-state index contributed by atoms with van der Waals surface area (Å²) in [6.07, 6.45) is 0.113. The molecule has 0 saturated heterocycles. The second-order valence-corrected chi connectivity index (χ2v) is 4.98. The van der Waals surface area contributed by atoms with Gasteiger partial charge in [0.2, 0.25) is 5.75 Å². The number of carbonyl (C=O) groups excluding carboxylic acids is 1. The summed E-state index contributed by atoms with van der Waals surface area (Å²) >= 11 is 0. The lowest BCUT2D eigenvalue weighted by Gasteiger charge is -2.16. The molecule has 5 heteroatoms. The van der Waals surface area contributed by atoms with Crippen molar-refractivity contribution in [3.05, 3.63) is 53.6 Å².